The van der Waals surface area contributed by atoms with E-state index in [9.17, 15) is 9.59 Å². The maximum atomic E-state index is 12.8. The molecule has 132 valence electrons. The first-order chi connectivity index (χ1) is 11.5. The third-order valence-electron chi connectivity index (χ3n) is 7.87. The molecule has 24 heavy (non-hydrogen) atoms. The maximum Gasteiger partial charge on any atom is 0.318 e. The number of carbonyl (C=O) groups excluding carboxylic acids is 2. The fourth-order valence-corrected chi connectivity index (χ4v) is 7.28. The normalized spacial score (nSPS) is 45.0. The van der Waals surface area contributed by atoms with Crippen molar-refractivity contribution in [1.29, 1.82) is 0 Å². The van der Waals surface area contributed by atoms with Crippen LogP contribution in [0.25, 0.3) is 0 Å². The Balaban J connectivity index is 1.41. The van der Waals surface area contributed by atoms with Gasteiger partial charge in [-0.2, -0.15) is 0 Å². The van der Waals surface area contributed by atoms with Gasteiger partial charge in [-0.1, -0.05) is 12.8 Å². The van der Waals surface area contributed by atoms with E-state index >= 15 is 0 Å². The first-order valence-electron chi connectivity index (χ1n) is 9.71. The van der Waals surface area contributed by atoms with Crippen molar-refractivity contribution >= 4 is 12.0 Å². The SMILES string of the molecule is COC(=O)C12CC3CC(C1)C(N1CC4(CCCC4)NC1=O)C(C3)C2. The highest BCUT2D eigenvalue weighted by Gasteiger charge is 2.62. The number of esters is 1. The van der Waals surface area contributed by atoms with Crippen LogP contribution in [0.3, 0.4) is 0 Å². The second-order valence-electron chi connectivity index (χ2n) is 9.28. The molecule has 1 saturated heterocycles. The molecule has 6 aliphatic rings. The molecule has 2 unspecified atom stereocenters. The van der Waals surface area contributed by atoms with E-state index in [0.717, 1.165) is 38.6 Å². The van der Waals surface area contributed by atoms with Crippen LogP contribution in [0.1, 0.15) is 57.8 Å². The highest BCUT2D eigenvalue weighted by atomic mass is 16.5. The Morgan fingerprint density at radius 3 is 2.46 bits per heavy atom. The van der Waals surface area contributed by atoms with Gasteiger partial charge in [0, 0.05) is 12.6 Å². The second kappa shape index (κ2) is 4.89. The number of hydrogen-bond donors (Lipinski definition) is 1. The molecule has 2 amide bonds. The van der Waals surface area contributed by atoms with Gasteiger partial charge in [-0.05, 0) is 62.7 Å². The molecule has 6 rings (SSSR count). The summed E-state index contributed by atoms with van der Waals surface area (Å²) in [6.45, 7) is 0.888. The number of rotatable bonds is 2. The molecule has 5 nitrogen and oxygen atoms in total. The third kappa shape index (κ3) is 1.93. The van der Waals surface area contributed by atoms with Crippen molar-refractivity contribution in [2.45, 2.75) is 69.4 Å². The summed E-state index contributed by atoms with van der Waals surface area (Å²) in [6.07, 6.45) is 9.97. The van der Waals surface area contributed by atoms with Crippen molar-refractivity contribution in [1.82, 2.24) is 10.2 Å². The molecule has 1 aliphatic heterocycles. The van der Waals surface area contributed by atoms with E-state index in [1.807, 2.05) is 0 Å². The lowest BCUT2D eigenvalue weighted by atomic mass is 9.47. The van der Waals surface area contributed by atoms with Gasteiger partial charge in [-0.15, -0.1) is 0 Å². The van der Waals surface area contributed by atoms with Crippen molar-refractivity contribution < 1.29 is 14.3 Å². The molecule has 1 heterocycles. The molecular weight excluding hydrogens is 304 g/mol. The number of hydrogen-bond acceptors (Lipinski definition) is 3. The maximum absolute atomic E-state index is 12.8. The molecular formula is C19H28N2O3. The lowest BCUT2D eigenvalue weighted by Crippen LogP contribution is -2.61. The number of methoxy groups -OCH3 is 1. The summed E-state index contributed by atoms with van der Waals surface area (Å²) >= 11 is 0. The lowest BCUT2D eigenvalue weighted by molar-refractivity contribution is -0.174. The van der Waals surface area contributed by atoms with Gasteiger partial charge >= 0.3 is 12.0 Å². The highest BCUT2D eigenvalue weighted by molar-refractivity contribution is 5.79. The molecule has 0 aromatic carbocycles. The zero-order valence-electron chi connectivity index (χ0n) is 14.6. The Morgan fingerprint density at radius 2 is 1.83 bits per heavy atom. The summed E-state index contributed by atoms with van der Waals surface area (Å²) in [5.74, 6) is 1.62. The van der Waals surface area contributed by atoms with Gasteiger partial charge in [-0.3, -0.25) is 4.79 Å². The van der Waals surface area contributed by atoms with E-state index in [4.69, 9.17) is 4.74 Å². The second-order valence-corrected chi connectivity index (χ2v) is 9.28. The predicted molar refractivity (Wildman–Crippen MR) is 88.2 cm³/mol. The van der Waals surface area contributed by atoms with Crippen LogP contribution in [0.2, 0.25) is 0 Å². The molecule has 5 aliphatic carbocycles. The van der Waals surface area contributed by atoms with Crippen molar-refractivity contribution in [3.63, 3.8) is 0 Å². The van der Waals surface area contributed by atoms with Crippen LogP contribution < -0.4 is 5.32 Å². The largest absolute Gasteiger partial charge is 0.469 e. The van der Waals surface area contributed by atoms with Crippen LogP contribution in [-0.4, -0.2) is 42.1 Å². The molecule has 0 radical (unpaired) electrons. The average molecular weight is 332 g/mol. The van der Waals surface area contributed by atoms with Crippen LogP contribution in [0, 0.1) is 23.2 Å². The van der Waals surface area contributed by atoms with E-state index in [-0.39, 0.29) is 23.0 Å². The summed E-state index contributed by atoms with van der Waals surface area (Å²) in [5.41, 5.74) is -0.200. The molecule has 5 heteroatoms. The standard InChI is InChI=1S/C19H28N2O3/c1-24-16(22)18-8-12-6-13(9-18)15(14(7-12)10-18)21-11-19(20-17(21)23)4-2-3-5-19/h12-15H,2-11H2,1H3,(H,20,23). The minimum atomic E-state index is -0.247. The van der Waals surface area contributed by atoms with Crippen LogP contribution in [0.5, 0.6) is 0 Å². The quantitative estimate of drug-likeness (QED) is 0.791. The molecule has 1 spiro atoms. The van der Waals surface area contributed by atoms with Gasteiger partial charge in [0.15, 0.2) is 0 Å². The topological polar surface area (TPSA) is 58.6 Å². The fraction of sp³-hybridized carbons (Fsp3) is 0.895. The average Bonchev–Trinajstić information content (AvgIpc) is 3.12. The Morgan fingerprint density at radius 1 is 1.17 bits per heavy atom. The Bertz CT molecular complexity index is 567. The van der Waals surface area contributed by atoms with Gasteiger partial charge in [0.05, 0.1) is 18.1 Å². The molecule has 2 atom stereocenters. The Kier molecular flexibility index (Phi) is 3.06. The van der Waals surface area contributed by atoms with E-state index in [2.05, 4.69) is 10.2 Å². The zero-order chi connectivity index (χ0) is 16.5. The van der Waals surface area contributed by atoms with Crippen LogP contribution >= 0.6 is 0 Å². The fourth-order valence-electron chi connectivity index (χ4n) is 7.28. The van der Waals surface area contributed by atoms with Gasteiger partial charge in [-0.25, -0.2) is 4.79 Å². The van der Waals surface area contributed by atoms with E-state index in [1.54, 1.807) is 0 Å². The molecule has 0 aromatic rings. The summed E-state index contributed by atoms with van der Waals surface area (Å²) in [4.78, 5) is 27.4. The number of amides is 2. The van der Waals surface area contributed by atoms with Gasteiger partial charge in [0.2, 0.25) is 0 Å². The highest BCUT2D eigenvalue weighted by Crippen LogP contribution is 2.61. The van der Waals surface area contributed by atoms with E-state index in [1.165, 1.54) is 32.8 Å². The summed E-state index contributed by atoms with van der Waals surface area (Å²) in [5, 5.41) is 3.33. The number of ether oxygens (including phenoxy) is 1. The molecule has 4 bridgehead atoms. The van der Waals surface area contributed by atoms with E-state index < -0.39 is 0 Å². The van der Waals surface area contributed by atoms with Crippen LogP contribution in [0.15, 0.2) is 0 Å². The minimum absolute atomic E-state index is 0.00140. The monoisotopic (exact) mass is 332 g/mol. The number of urea groups is 1. The smallest absolute Gasteiger partial charge is 0.318 e. The Labute approximate surface area is 143 Å². The minimum Gasteiger partial charge on any atom is -0.469 e. The molecule has 5 saturated carbocycles. The molecule has 1 N–H and O–H groups in total. The number of nitrogens with zero attached hydrogens (tertiary/aromatic N) is 1. The molecule has 6 fully saturated rings. The van der Waals surface area contributed by atoms with E-state index in [0.29, 0.717) is 23.8 Å². The Hall–Kier alpha value is -1.26. The molecule has 0 aromatic heterocycles. The van der Waals surface area contributed by atoms with Gasteiger partial charge in [0.1, 0.15) is 0 Å². The summed E-state index contributed by atoms with van der Waals surface area (Å²) in [7, 11) is 1.52. The summed E-state index contributed by atoms with van der Waals surface area (Å²) in [6, 6.07) is 0.501. The first kappa shape index (κ1) is 15.0. The van der Waals surface area contributed by atoms with Gasteiger partial charge in [0.25, 0.3) is 0 Å². The van der Waals surface area contributed by atoms with Crippen molar-refractivity contribution in [3.05, 3.63) is 0 Å². The predicted octanol–water partition coefficient (Wildman–Crippen LogP) is 2.69. The zero-order valence-corrected chi connectivity index (χ0v) is 14.6. The van der Waals surface area contributed by atoms with Crippen molar-refractivity contribution in [3.8, 4) is 0 Å². The summed E-state index contributed by atoms with van der Waals surface area (Å²) < 4.78 is 5.16. The number of nitrogens with one attached hydrogen (secondary N) is 1. The first-order valence-corrected chi connectivity index (χ1v) is 9.71. The third-order valence-corrected chi connectivity index (χ3v) is 7.87. The van der Waals surface area contributed by atoms with Crippen molar-refractivity contribution in [2.75, 3.05) is 13.7 Å². The lowest BCUT2D eigenvalue weighted by Gasteiger charge is -2.60. The van der Waals surface area contributed by atoms with Crippen molar-refractivity contribution in [2.24, 2.45) is 23.2 Å². The van der Waals surface area contributed by atoms with Crippen LogP contribution in [0.4, 0.5) is 4.79 Å². The number of carbonyl (C=O) groups is 2. The van der Waals surface area contributed by atoms with Crippen LogP contribution in [-0.2, 0) is 9.53 Å². The van der Waals surface area contributed by atoms with Gasteiger partial charge < -0.3 is 15.0 Å².